The molecule has 1 atom stereocenters. The molecule has 6 heteroatoms. The highest BCUT2D eigenvalue weighted by molar-refractivity contribution is 5.89. The van der Waals surface area contributed by atoms with Crippen molar-refractivity contribution in [3.63, 3.8) is 0 Å². The van der Waals surface area contributed by atoms with E-state index in [1.807, 2.05) is 13.8 Å². The Balaban J connectivity index is 2.97. The van der Waals surface area contributed by atoms with Gasteiger partial charge >= 0.3 is 0 Å². The molecule has 0 saturated carbocycles. The Morgan fingerprint density at radius 3 is 2.32 bits per heavy atom. The zero-order valence-electron chi connectivity index (χ0n) is 11.2. The van der Waals surface area contributed by atoms with Gasteiger partial charge in [-0.1, -0.05) is 13.8 Å². The first kappa shape index (κ1) is 14.8. The SMILES string of the molecule is CC(C)[C@@](C)(N=Cc1ccc([N+](=O)[O-])cc1)C(N)=O. The minimum absolute atomic E-state index is 0.0127. The van der Waals surface area contributed by atoms with Crippen LogP contribution in [0.25, 0.3) is 0 Å². The minimum Gasteiger partial charge on any atom is -0.368 e. The van der Waals surface area contributed by atoms with Gasteiger partial charge in [-0.15, -0.1) is 0 Å². The van der Waals surface area contributed by atoms with Gasteiger partial charge in [0.05, 0.1) is 4.92 Å². The summed E-state index contributed by atoms with van der Waals surface area (Å²) in [7, 11) is 0. The fraction of sp³-hybridized carbons (Fsp3) is 0.385. The molecular formula is C13H17N3O3. The summed E-state index contributed by atoms with van der Waals surface area (Å²) in [4.78, 5) is 25.7. The smallest absolute Gasteiger partial charge is 0.269 e. The van der Waals surface area contributed by atoms with Gasteiger partial charge in [0.2, 0.25) is 5.91 Å². The predicted molar refractivity (Wildman–Crippen MR) is 73.1 cm³/mol. The number of carbonyl (C=O) groups excluding carboxylic acids is 1. The molecule has 0 saturated heterocycles. The van der Waals surface area contributed by atoms with Crippen LogP contribution in [0.15, 0.2) is 29.3 Å². The van der Waals surface area contributed by atoms with E-state index in [9.17, 15) is 14.9 Å². The molecule has 0 aliphatic carbocycles. The molecule has 1 aromatic carbocycles. The molecule has 0 bridgehead atoms. The predicted octanol–water partition coefficient (Wildman–Crippen LogP) is 1.91. The van der Waals surface area contributed by atoms with E-state index >= 15 is 0 Å². The van der Waals surface area contributed by atoms with E-state index in [1.165, 1.54) is 18.3 Å². The lowest BCUT2D eigenvalue weighted by molar-refractivity contribution is -0.384. The fourth-order valence-electron chi connectivity index (χ4n) is 1.39. The largest absolute Gasteiger partial charge is 0.368 e. The van der Waals surface area contributed by atoms with Gasteiger partial charge in [0.1, 0.15) is 5.54 Å². The van der Waals surface area contributed by atoms with Gasteiger partial charge < -0.3 is 5.73 Å². The van der Waals surface area contributed by atoms with Crippen molar-refractivity contribution in [2.24, 2.45) is 16.6 Å². The van der Waals surface area contributed by atoms with Crippen LogP contribution in [0.4, 0.5) is 5.69 Å². The number of aliphatic imine (C=N–C) groups is 1. The van der Waals surface area contributed by atoms with Crippen LogP contribution in [-0.2, 0) is 4.79 Å². The van der Waals surface area contributed by atoms with Crippen molar-refractivity contribution in [1.29, 1.82) is 0 Å². The number of hydrogen-bond acceptors (Lipinski definition) is 4. The maximum absolute atomic E-state index is 11.4. The van der Waals surface area contributed by atoms with E-state index in [-0.39, 0.29) is 11.6 Å². The van der Waals surface area contributed by atoms with Crippen molar-refractivity contribution < 1.29 is 9.72 Å². The summed E-state index contributed by atoms with van der Waals surface area (Å²) in [5.74, 6) is -0.542. The first-order valence-corrected chi connectivity index (χ1v) is 5.87. The molecule has 19 heavy (non-hydrogen) atoms. The third-order valence-corrected chi connectivity index (χ3v) is 3.21. The van der Waals surface area contributed by atoms with E-state index in [4.69, 9.17) is 5.73 Å². The number of amides is 1. The quantitative estimate of drug-likeness (QED) is 0.499. The van der Waals surface area contributed by atoms with Gasteiger partial charge in [-0.2, -0.15) is 0 Å². The monoisotopic (exact) mass is 263 g/mol. The zero-order valence-corrected chi connectivity index (χ0v) is 11.2. The Hall–Kier alpha value is -2.24. The lowest BCUT2D eigenvalue weighted by Crippen LogP contribution is -2.44. The van der Waals surface area contributed by atoms with Crippen molar-refractivity contribution in [1.82, 2.24) is 0 Å². The van der Waals surface area contributed by atoms with Gasteiger partial charge in [-0.05, 0) is 30.5 Å². The van der Waals surface area contributed by atoms with E-state index in [1.54, 1.807) is 19.1 Å². The van der Waals surface area contributed by atoms with Gasteiger partial charge in [0.25, 0.3) is 5.69 Å². The van der Waals surface area contributed by atoms with Crippen LogP contribution < -0.4 is 5.73 Å². The van der Waals surface area contributed by atoms with Crippen LogP contribution in [0, 0.1) is 16.0 Å². The standard InChI is InChI=1S/C13H17N3O3/c1-9(2)13(3,12(14)17)15-8-10-4-6-11(7-5-10)16(18)19/h4-9H,1-3H3,(H2,14,17)/t13-/m1/s1. The normalized spacial score (nSPS) is 14.5. The average Bonchev–Trinajstić information content (AvgIpc) is 2.35. The second kappa shape index (κ2) is 5.60. The number of rotatable bonds is 5. The van der Waals surface area contributed by atoms with E-state index < -0.39 is 16.4 Å². The highest BCUT2D eigenvalue weighted by Gasteiger charge is 2.33. The molecule has 0 unspecified atom stereocenters. The summed E-state index contributed by atoms with van der Waals surface area (Å²) in [6.45, 7) is 5.39. The van der Waals surface area contributed by atoms with E-state index in [0.29, 0.717) is 5.56 Å². The topological polar surface area (TPSA) is 98.6 Å². The Morgan fingerprint density at radius 2 is 1.95 bits per heavy atom. The van der Waals surface area contributed by atoms with Crippen LogP contribution in [0.2, 0.25) is 0 Å². The third kappa shape index (κ3) is 3.37. The van der Waals surface area contributed by atoms with Crippen molar-refractivity contribution in [3.8, 4) is 0 Å². The Bertz CT molecular complexity index is 508. The Kier molecular flexibility index (Phi) is 4.37. The summed E-state index contributed by atoms with van der Waals surface area (Å²) in [5.41, 5.74) is 5.07. The number of nitrogens with zero attached hydrogens (tertiary/aromatic N) is 2. The number of nitro groups is 1. The molecular weight excluding hydrogens is 246 g/mol. The van der Waals surface area contributed by atoms with Crippen molar-refractivity contribution in [3.05, 3.63) is 39.9 Å². The average molecular weight is 263 g/mol. The maximum Gasteiger partial charge on any atom is 0.269 e. The number of non-ortho nitro benzene ring substituents is 1. The molecule has 0 heterocycles. The lowest BCUT2D eigenvalue weighted by atomic mass is 9.88. The van der Waals surface area contributed by atoms with Crippen LogP contribution in [-0.4, -0.2) is 22.6 Å². The van der Waals surface area contributed by atoms with Gasteiger partial charge in [0.15, 0.2) is 0 Å². The fourth-order valence-corrected chi connectivity index (χ4v) is 1.39. The van der Waals surface area contributed by atoms with E-state index in [2.05, 4.69) is 4.99 Å². The number of benzene rings is 1. The molecule has 6 nitrogen and oxygen atoms in total. The van der Waals surface area contributed by atoms with Gasteiger partial charge in [0, 0.05) is 18.3 Å². The van der Waals surface area contributed by atoms with Crippen molar-refractivity contribution in [2.45, 2.75) is 26.3 Å². The first-order chi connectivity index (χ1) is 8.77. The lowest BCUT2D eigenvalue weighted by Gasteiger charge is -2.25. The maximum atomic E-state index is 11.4. The number of carbonyl (C=O) groups is 1. The highest BCUT2D eigenvalue weighted by Crippen LogP contribution is 2.21. The number of primary amides is 1. The van der Waals surface area contributed by atoms with Crippen molar-refractivity contribution in [2.75, 3.05) is 0 Å². The van der Waals surface area contributed by atoms with Crippen molar-refractivity contribution >= 4 is 17.8 Å². The molecule has 2 N–H and O–H groups in total. The molecule has 1 amide bonds. The number of nitro benzene ring substituents is 1. The van der Waals surface area contributed by atoms with Crippen LogP contribution in [0.1, 0.15) is 26.3 Å². The second-order valence-corrected chi connectivity index (χ2v) is 4.77. The molecule has 0 aromatic heterocycles. The third-order valence-electron chi connectivity index (χ3n) is 3.21. The molecule has 0 aliphatic heterocycles. The number of nitrogens with two attached hydrogens (primary N) is 1. The minimum atomic E-state index is -0.984. The van der Waals surface area contributed by atoms with E-state index in [0.717, 1.165) is 0 Å². The second-order valence-electron chi connectivity index (χ2n) is 4.77. The molecule has 0 fully saturated rings. The van der Waals surface area contributed by atoms with Gasteiger partial charge in [-0.3, -0.25) is 19.9 Å². The molecule has 102 valence electrons. The Labute approximate surface area is 111 Å². The molecule has 0 radical (unpaired) electrons. The van der Waals surface area contributed by atoms with Gasteiger partial charge in [-0.25, -0.2) is 0 Å². The van der Waals surface area contributed by atoms with Crippen LogP contribution in [0.5, 0.6) is 0 Å². The number of hydrogen-bond donors (Lipinski definition) is 1. The summed E-state index contributed by atoms with van der Waals surface area (Å²) in [6, 6.07) is 5.92. The molecule has 1 aromatic rings. The Morgan fingerprint density at radius 1 is 1.42 bits per heavy atom. The summed E-state index contributed by atoms with van der Waals surface area (Å²) in [6.07, 6.45) is 1.51. The van der Waals surface area contributed by atoms with Crippen LogP contribution >= 0.6 is 0 Å². The zero-order chi connectivity index (χ0) is 14.6. The summed E-state index contributed by atoms with van der Waals surface area (Å²) < 4.78 is 0. The molecule has 1 rings (SSSR count). The molecule has 0 spiro atoms. The van der Waals surface area contributed by atoms with Crippen LogP contribution in [0.3, 0.4) is 0 Å². The first-order valence-electron chi connectivity index (χ1n) is 5.87. The molecule has 0 aliphatic rings. The summed E-state index contributed by atoms with van der Waals surface area (Å²) in [5, 5.41) is 10.5. The summed E-state index contributed by atoms with van der Waals surface area (Å²) >= 11 is 0. The highest BCUT2D eigenvalue weighted by atomic mass is 16.6.